The van der Waals surface area contributed by atoms with Crippen molar-refractivity contribution in [2.75, 3.05) is 0 Å². The highest BCUT2D eigenvalue weighted by Gasteiger charge is 2.29. The van der Waals surface area contributed by atoms with E-state index in [-0.39, 0.29) is 0 Å². The summed E-state index contributed by atoms with van der Waals surface area (Å²) in [6, 6.07) is 6.02. The number of hydrogen-bond acceptors (Lipinski definition) is 3. The topological polar surface area (TPSA) is 54.6 Å². The number of rotatable bonds is 3. The van der Waals surface area contributed by atoms with E-state index in [4.69, 9.17) is 4.42 Å². The lowest BCUT2D eigenvalue weighted by Crippen LogP contribution is -2.17. The monoisotopic (exact) mass is 310 g/mol. The summed E-state index contributed by atoms with van der Waals surface area (Å²) in [4.78, 5) is 11.8. The second kappa shape index (κ2) is 6.05. The molecule has 0 unspecified atom stereocenters. The second-order valence-electron chi connectivity index (χ2n) is 4.65. The third-order valence-corrected chi connectivity index (χ3v) is 2.90. The van der Waals surface area contributed by atoms with Crippen molar-refractivity contribution in [1.82, 2.24) is 5.43 Å². The summed E-state index contributed by atoms with van der Waals surface area (Å²) in [5.41, 5.74) is 2.36. The number of carbonyl (C=O) groups is 1. The molecule has 1 aromatic carbocycles. The lowest BCUT2D eigenvalue weighted by atomic mass is 10.1. The number of alkyl halides is 3. The van der Waals surface area contributed by atoms with Crippen molar-refractivity contribution in [2.45, 2.75) is 20.0 Å². The van der Waals surface area contributed by atoms with Gasteiger partial charge in [0.2, 0.25) is 0 Å². The molecule has 0 spiro atoms. The average molecular weight is 310 g/mol. The predicted octanol–water partition coefficient (Wildman–Crippen LogP) is 3.68. The first-order valence-electron chi connectivity index (χ1n) is 6.35. The second-order valence-corrected chi connectivity index (χ2v) is 4.65. The van der Waals surface area contributed by atoms with Crippen molar-refractivity contribution in [2.24, 2.45) is 5.10 Å². The summed E-state index contributed by atoms with van der Waals surface area (Å²) in [7, 11) is 0. The Hall–Kier alpha value is -2.57. The van der Waals surface area contributed by atoms with Gasteiger partial charge in [-0.1, -0.05) is 12.1 Å². The van der Waals surface area contributed by atoms with Crippen LogP contribution in [-0.4, -0.2) is 12.1 Å². The molecule has 0 radical (unpaired) electrons. The zero-order valence-corrected chi connectivity index (χ0v) is 11.9. The fraction of sp³-hybridized carbons (Fsp3) is 0.200. The molecular weight excluding hydrogens is 297 g/mol. The number of benzene rings is 1. The van der Waals surface area contributed by atoms with Crippen molar-refractivity contribution >= 4 is 12.1 Å². The summed E-state index contributed by atoms with van der Waals surface area (Å²) < 4.78 is 42.4. The summed E-state index contributed by atoms with van der Waals surface area (Å²) in [5, 5.41) is 3.71. The molecule has 4 nitrogen and oxygen atoms in total. The smallest absolute Gasteiger partial charge is 0.416 e. The third-order valence-electron chi connectivity index (χ3n) is 2.90. The largest absolute Gasteiger partial charge is 0.466 e. The van der Waals surface area contributed by atoms with Crippen LogP contribution in [0.3, 0.4) is 0 Å². The molecule has 0 aliphatic carbocycles. The molecule has 0 aliphatic heterocycles. The van der Waals surface area contributed by atoms with Gasteiger partial charge < -0.3 is 4.42 Å². The Labute approximate surface area is 124 Å². The first kappa shape index (κ1) is 15.8. The molecule has 22 heavy (non-hydrogen) atoms. The van der Waals surface area contributed by atoms with Gasteiger partial charge in [0.15, 0.2) is 0 Å². The molecule has 0 atom stereocenters. The van der Waals surface area contributed by atoms with Gasteiger partial charge in [-0.05, 0) is 37.6 Å². The molecule has 0 saturated heterocycles. The molecule has 7 heteroatoms. The van der Waals surface area contributed by atoms with Crippen LogP contribution in [0.15, 0.2) is 39.9 Å². The lowest BCUT2D eigenvalue weighted by molar-refractivity contribution is -0.137. The van der Waals surface area contributed by atoms with E-state index in [1.807, 2.05) is 0 Å². The van der Waals surface area contributed by atoms with E-state index < -0.39 is 17.6 Å². The van der Waals surface area contributed by atoms with E-state index in [9.17, 15) is 18.0 Å². The molecule has 0 saturated carbocycles. The molecule has 0 bridgehead atoms. The molecule has 2 aromatic rings. The molecule has 0 aliphatic rings. The maximum Gasteiger partial charge on any atom is 0.416 e. The minimum Gasteiger partial charge on any atom is -0.466 e. The number of hydrogen-bond donors (Lipinski definition) is 1. The fourth-order valence-corrected chi connectivity index (χ4v) is 1.84. The van der Waals surface area contributed by atoms with E-state index in [0.717, 1.165) is 12.1 Å². The van der Waals surface area contributed by atoms with E-state index in [1.165, 1.54) is 18.3 Å². The normalized spacial score (nSPS) is 11.9. The van der Waals surface area contributed by atoms with Crippen molar-refractivity contribution in [1.29, 1.82) is 0 Å². The highest BCUT2D eigenvalue weighted by Crippen LogP contribution is 2.28. The van der Waals surface area contributed by atoms with Gasteiger partial charge in [0, 0.05) is 0 Å². The molecule has 0 fully saturated rings. The number of hydrazone groups is 1. The summed E-state index contributed by atoms with van der Waals surface area (Å²) in [5.74, 6) is 0.631. The van der Waals surface area contributed by atoms with Gasteiger partial charge in [-0.3, -0.25) is 4.79 Å². The number of aryl methyl sites for hydroxylation is 2. The first-order chi connectivity index (χ1) is 10.3. The summed E-state index contributed by atoms with van der Waals surface area (Å²) >= 11 is 0. The number of halogens is 3. The van der Waals surface area contributed by atoms with E-state index in [1.54, 1.807) is 19.9 Å². The van der Waals surface area contributed by atoms with E-state index in [2.05, 4.69) is 10.5 Å². The zero-order valence-electron chi connectivity index (χ0n) is 11.9. The van der Waals surface area contributed by atoms with Crippen LogP contribution < -0.4 is 5.43 Å². The van der Waals surface area contributed by atoms with Crippen LogP contribution >= 0.6 is 0 Å². The van der Waals surface area contributed by atoms with Crippen LogP contribution in [-0.2, 0) is 6.18 Å². The predicted molar refractivity (Wildman–Crippen MR) is 74.7 cm³/mol. The van der Waals surface area contributed by atoms with Gasteiger partial charge in [-0.2, -0.15) is 18.3 Å². The van der Waals surface area contributed by atoms with Crippen LogP contribution in [0.2, 0.25) is 0 Å². The van der Waals surface area contributed by atoms with Gasteiger partial charge in [0.25, 0.3) is 5.91 Å². The molecule has 1 N–H and O–H groups in total. The molecule has 2 rings (SSSR count). The Kier molecular flexibility index (Phi) is 4.35. The van der Waals surface area contributed by atoms with Gasteiger partial charge in [0.05, 0.1) is 17.3 Å². The molecule has 1 heterocycles. The zero-order chi connectivity index (χ0) is 16.3. The third kappa shape index (κ3) is 3.75. The van der Waals surface area contributed by atoms with Gasteiger partial charge in [0.1, 0.15) is 11.5 Å². The van der Waals surface area contributed by atoms with Gasteiger partial charge in [-0.25, -0.2) is 5.43 Å². The maximum atomic E-state index is 12.4. The number of amides is 1. The standard InChI is InChI=1S/C15H13F3N2O2/c1-9-7-13(10(2)22-9)14(21)20-19-8-11-3-5-12(6-4-11)15(16,17)18/h3-8H,1-2H3,(H,20,21)/b19-8+. The van der Waals surface area contributed by atoms with Crippen LogP contribution in [0.5, 0.6) is 0 Å². The Morgan fingerprint density at radius 2 is 1.86 bits per heavy atom. The van der Waals surface area contributed by atoms with Crippen molar-refractivity contribution in [3.63, 3.8) is 0 Å². The quantitative estimate of drug-likeness (QED) is 0.694. The molecule has 1 amide bonds. The van der Waals surface area contributed by atoms with Crippen molar-refractivity contribution in [3.05, 3.63) is 58.5 Å². The van der Waals surface area contributed by atoms with Crippen LogP contribution in [0, 0.1) is 13.8 Å². The molecule has 1 aromatic heterocycles. The summed E-state index contributed by atoms with van der Waals surface area (Å²) in [6.07, 6.45) is -3.11. The average Bonchev–Trinajstić information content (AvgIpc) is 2.77. The number of nitrogens with one attached hydrogen (secondary N) is 1. The van der Waals surface area contributed by atoms with E-state index >= 15 is 0 Å². The van der Waals surface area contributed by atoms with Crippen LogP contribution in [0.25, 0.3) is 0 Å². The Balaban J connectivity index is 2.01. The highest BCUT2D eigenvalue weighted by molar-refractivity contribution is 5.95. The minimum atomic E-state index is -4.37. The van der Waals surface area contributed by atoms with Crippen LogP contribution in [0.4, 0.5) is 13.2 Å². The Morgan fingerprint density at radius 3 is 2.36 bits per heavy atom. The number of furan rings is 1. The fourth-order valence-electron chi connectivity index (χ4n) is 1.84. The first-order valence-corrected chi connectivity index (χ1v) is 6.35. The summed E-state index contributed by atoms with van der Waals surface area (Å²) in [6.45, 7) is 3.37. The van der Waals surface area contributed by atoms with E-state index in [0.29, 0.717) is 22.6 Å². The van der Waals surface area contributed by atoms with Gasteiger partial charge >= 0.3 is 6.18 Å². The highest BCUT2D eigenvalue weighted by atomic mass is 19.4. The number of nitrogens with zero attached hydrogens (tertiary/aromatic N) is 1. The lowest BCUT2D eigenvalue weighted by Gasteiger charge is -2.05. The Morgan fingerprint density at radius 1 is 1.23 bits per heavy atom. The minimum absolute atomic E-state index is 0.363. The Bertz CT molecular complexity index is 701. The number of carbonyl (C=O) groups excluding carboxylic acids is 1. The van der Waals surface area contributed by atoms with Crippen LogP contribution in [0.1, 0.15) is 33.0 Å². The molecule has 116 valence electrons. The molecular formula is C15H13F3N2O2. The van der Waals surface area contributed by atoms with Crippen molar-refractivity contribution < 1.29 is 22.4 Å². The SMILES string of the molecule is Cc1cc(C(=O)N/N=C/c2ccc(C(F)(F)F)cc2)c(C)o1. The maximum absolute atomic E-state index is 12.4. The van der Waals surface area contributed by atoms with Crippen molar-refractivity contribution in [3.8, 4) is 0 Å². The van der Waals surface area contributed by atoms with Gasteiger partial charge in [-0.15, -0.1) is 0 Å².